The maximum atomic E-state index is 13.9. The van der Waals surface area contributed by atoms with Crippen LogP contribution in [0.3, 0.4) is 0 Å². The number of rotatable bonds is 11. The number of alkyl halides is 3. The van der Waals surface area contributed by atoms with Gasteiger partial charge in [0.25, 0.3) is 0 Å². The van der Waals surface area contributed by atoms with Crippen LogP contribution in [0.25, 0.3) is 0 Å². The van der Waals surface area contributed by atoms with Gasteiger partial charge in [-0.05, 0) is 65.1 Å². The number of nitrogens with one attached hydrogen (secondary N) is 3. The first kappa shape index (κ1) is 39.3. The quantitative estimate of drug-likeness (QED) is 0.119. The van der Waals surface area contributed by atoms with E-state index in [-0.39, 0.29) is 35.7 Å². The molecule has 7 rings (SSSR count). The zero-order chi connectivity index (χ0) is 39.8. The van der Waals surface area contributed by atoms with Crippen LogP contribution in [0.2, 0.25) is 0 Å². The molecule has 1 aromatic heterocycles. The molecule has 2 fully saturated rings. The minimum Gasteiger partial charge on any atom is -0.369 e. The number of piperidine rings is 1. The summed E-state index contributed by atoms with van der Waals surface area (Å²) in [5, 5.41) is 8.00. The number of aromatic nitrogens is 2. The minimum atomic E-state index is -4.71. The zero-order valence-corrected chi connectivity index (χ0v) is 32.5. The van der Waals surface area contributed by atoms with Crippen LogP contribution in [0, 0.1) is 0 Å². The molecular formula is C38H42F3N9O4S2. The van der Waals surface area contributed by atoms with Gasteiger partial charge in [-0.2, -0.15) is 30.8 Å². The molecular weight excluding hydrogens is 768 g/mol. The van der Waals surface area contributed by atoms with E-state index in [4.69, 9.17) is 12.6 Å². The third-order valence-corrected chi connectivity index (χ3v) is 12.1. The summed E-state index contributed by atoms with van der Waals surface area (Å²) < 4.78 is 66.7. The van der Waals surface area contributed by atoms with Crippen LogP contribution in [-0.2, 0) is 45.4 Å². The van der Waals surface area contributed by atoms with Crippen molar-refractivity contribution in [3.8, 4) is 0 Å². The second-order valence-corrected chi connectivity index (χ2v) is 16.7. The Morgan fingerprint density at radius 2 is 1.75 bits per heavy atom. The molecule has 3 aliphatic rings. The molecule has 3 aromatic carbocycles. The maximum absolute atomic E-state index is 13.9. The van der Waals surface area contributed by atoms with Crippen LogP contribution in [0.4, 0.5) is 42.0 Å². The number of carbonyl (C=O) groups is 2. The monoisotopic (exact) mass is 809 g/mol. The molecule has 0 aliphatic carbocycles. The van der Waals surface area contributed by atoms with E-state index >= 15 is 0 Å². The van der Waals surface area contributed by atoms with Crippen molar-refractivity contribution in [1.29, 1.82) is 0 Å². The Morgan fingerprint density at radius 1 is 1.00 bits per heavy atom. The van der Waals surface area contributed by atoms with Crippen LogP contribution >= 0.6 is 12.6 Å². The number of halogens is 3. The van der Waals surface area contributed by atoms with E-state index < -0.39 is 27.6 Å². The lowest BCUT2D eigenvalue weighted by Crippen LogP contribution is -2.51. The summed E-state index contributed by atoms with van der Waals surface area (Å²) in [6.07, 6.45) is -2.09. The van der Waals surface area contributed by atoms with Gasteiger partial charge in [-0.1, -0.05) is 30.3 Å². The normalized spacial score (nSPS) is 19.4. The molecule has 4 aromatic rings. The number of hydrogen-bond acceptors (Lipinski definition) is 12. The Labute approximate surface area is 328 Å². The zero-order valence-electron chi connectivity index (χ0n) is 30.8. The number of amides is 2. The highest BCUT2D eigenvalue weighted by molar-refractivity contribution is 7.92. The van der Waals surface area contributed by atoms with Crippen molar-refractivity contribution < 1.29 is 31.2 Å². The molecule has 2 amide bonds. The molecule has 2 unspecified atom stereocenters. The third kappa shape index (κ3) is 8.88. The Kier molecular flexibility index (Phi) is 11.2. The summed E-state index contributed by atoms with van der Waals surface area (Å²) in [4.78, 5) is 39.0. The van der Waals surface area contributed by atoms with E-state index in [1.54, 1.807) is 24.3 Å². The second kappa shape index (κ2) is 15.9. The number of nitrogens with zero attached hydrogens (tertiary/aromatic N) is 6. The van der Waals surface area contributed by atoms with E-state index in [0.717, 1.165) is 66.3 Å². The number of carbonyl (C=O) groups excluding carboxylic acids is 2. The number of hydrogen-bond donors (Lipinski definition) is 4. The van der Waals surface area contributed by atoms with Gasteiger partial charge in [0.1, 0.15) is 11.4 Å². The van der Waals surface area contributed by atoms with Crippen molar-refractivity contribution in [3.63, 3.8) is 0 Å². The number of imide groups is 1. The summed E-state index contributed by atoms with van der Waals surface area (Å²) in [6, 6.07) is 20.1. The summed E-state index contributed by atoms with van der Waals surface area (Å²) in [7, 11) is -2.12. The summed E-state index contributed by atoms with van der Waals surface area (Å²) in [6.45, 7) is 4.67. The van der Waals surface area contributed by atoms with Crippen molar-refractivity contribution in [1.82, 2.24) is 25.1 Å². The fraction of sp³-hybridized carbons (Fsp3) is 0.368. The largest absolute Gasteiger partial charge is 0.421 e. The smallest absolute Gasteiger partial charge is 0.369 e. The molecule has 3 N–H and O–H groups in total. The molecule has 0 saturated carbocycles. The molecule has 0 spiro atoms. The highest BCUT2D eigenvalue weighted by Crippen LogP contribution is 2.40. The van der Waals surface area contributed by atoms with Crippen molar-refractivity contribution in [3.05, 3.63) is 101 Å². The number of piperazine rings is 1. The standard InChI is InChI=1S/C38H42F3N9O4S2/c1-47(56(2,53)54)29-5-3-4-24(19-29)20-42-34-31(38(39,40)41)21-43-37(46-34)44-27-7-9-28(10-8-27)49-16-14-48(15-17-49)22-25-6-11-30-26(18-25)23-50(36(30)55)32-12-13-33(51)45-35(32)52/h3-11,18-19,21,32,36,55H,12-17,20,22-23H2,1-2H3,(H,45,51,52)(H2,42,43,44,46). The van der Waals surface area contributed by atoms with Crippen LogP contribution < -0.4 is 25.2 Å². The van der Waals surface area contributed by atoms with Crippen LogP contribution in [0.15, 0.2) is 72.9 Å². The Bertz CT molecular complexity index is 2220. The molecule has 296 valence electrons. The van der Waals surface area contributed by atoms with Gasteiger partial charge in [-0.25, -0.2) is 13.4 Å². The SMILES string of the molecule is CN(c1cccc(CNc2nc(Nc3ccc(N4CCN(Cc5ccc6c(c5)CN(C5CCC(=O)NC5=O)C6S)CC4)cc3)ncc2C(F)(F)F)c1)S(C)(=O)=O. The Morgan fingerprint density at radius 3 is 2.45 bits per heavy atom. The second-order valence-electron chi connectivity index (χ2n) is 14.2. The molecule has 13 nitrogen and oxygen atoms in total. The van der Waals surface area contributed by atoms with Gasteiger partial charge in [0, 0.05) is 76.9 Å². The lowest BCUT2D eigenvalue weighted by Gasteiger charge is -2.36. The van der Waals surface area contributed by atoms with Gasteiger partial charge >= 0.3 is 6.18 Å². The molecule has 18 heteroatoms. The molecule has 4 heterocycles. The van der Waals surface area contributed by atoms with E-state index in [1.165, 1.54) is 12.6 Å². The Hall–Kier alpha value is -4.91. The highest BCUT2D eigenvalue weighted by atomic mass is 32.2. The number of thiol groups is 1. The van der Waals surface area contributed by atoms with E-state index in [0.29, 0.717) is 36.3 Å². The molecule has 2 saturated heterocycles. The van der Waals surface area contributed by atoms with Crippen LogP contribution in [-0.4, -0.2) is 85.5 Å². The molecule has 56 heavy (non-hydrogen) atoms. The lowest BCUT2D eigenvalue weighted by atomic mass is 10.0. The predicted octanol–water partition coefficient (Wildman–Crippen LogP) is 5.12. The van der Waals surface area contributed by atoms with Crippen LogP contribution in [0.1, 0.15) is 46.0 Å². The van der Waals surface area contributed by atoms with Crippen molar-refractivity contribution in [2.75, 3.05) is 59.3 Å². The molecule has 0 bridgehead atoms. The predicted molar refractivity (Wildman–Crippen MR) is 211 cm³/mol. The topological polar surface area (TPSA) is 143 Å². The van der Waals surface area contributed by atoms with E-state index in [2.05, 4.69) is 58.8 Å². The van der Waals surface area contributed by atoms with Crippen molar-refractivity contribution >= 4 is 63.3 Å². The first-order chi connectivity index (χ1) is 26.6. The fourth-order valence-corrected chi connectivity index (χ4v) is 8.21. The first-order valence-electron chi connectivity index (χ1n) is 18.1. The van der Waals surface area contributed by atoms with Gasteiger partial charge in [0.05, 0.1) is 23.4 Å². The van der Waals surface area contributed by atoms with Gasteiger partial charge in [-0.3, -0.25) is 29.0 Å². The highest BCUT2D eigenvalue weighted by Gasteiger charge is 2.39. The van der Waals surface area contributed by atoms with Crippen molar-refractivity contribution in [2.45, 2.75) is 50.1 Å². The summed E-state index contributed by atoms with van der Waals surface area (Å²) in [5.41, 5.74) is 4.96. The van der Waals surface area contributed by atoms with E-state index in [9.17, 15) is 31.2 Å². The number of benzene rings is 3. The summed E-state index contributed by atoms with van der Waals surface area (Å²) >= 11 is 4.81. The number of sulfonamides is 1. The summed E-state index contributed by atoms with van der Waals surface area (Å²) in [5.74, 6) is -0.919. The fourth-order valence-electron chi connectivity index (χ4n) is 7.22. The van der Waals surface area contributed by atoms with Crippen LogP contribution in [0.5, 0.6) is 0 Å². The first-order valence-corrected chi connectivity index (χ1v) is 20.4. The number of anilines is 5. The van der Waals surface area contributed by atoms with Gasteiger partial charge < -0.3 is 15.5 Å². The van der Waals surface area contributed by atoms with Gasteiger partial charge in [0.2, 0.25) is 27.8 Å². The molecule has 2 atom stereocenters. The average Bonchev–Trinajstić information content (AvgIpc) is 3.48. The average molecular weight is 810 g/mol. The maximum Gasteiger partial charge on any atom is 0.421 e. The van der Waals surface area contributed by atoms with Gasteiger partial charge in [-0.15, -0.1) is 0 Å². The molecule has 3 aliphatic heterocycles. The lowest BCUT2D eigenvalue weighted by molar-refractivity contribution is -0.138. The van der Waals surface area contributed by atoms with E-state index in [1.807, 2.05) is 24.3 Å². The van der Waals surface area contributed by atoms with Gasteiger partial charge in [0.15, 0.2) is 0 Å². The van der Waals surface area contributed by atoms with Crippen molar-refractivity contribution in [2.24, 2.45) is 0 Å². The number of fused-ring (bicyclic) bond motifs is 1. The minimum absolute atomic E-state index is 0.0208. The third-order valence-electron chi connectivity index (χ3n) is 10.4. The Balaban J connectivity index is 0.936. The molecule has 0 radical (unpaired) electrons.